The molecule has 0 saturated carbocycles. The molecular weight excluding hydrogens is 248 g/mol. The maximum atomic E-state index is 11.5. The Morgan fingerprint density at radius 1 is 1.39 bits per heavy atom. The molecule has 2 rings (SSSR count). The van der Waals surface area contributed by atoms with Crippen molar-refractivity contribution in [3.63, 3.8) is 0 Å². The largest absolute Gasteiger partial charge is 0.361 e. The Hall–Kier alpha value is -1.69. The third-order valence-electron chi connectivity index (χ3n) is 2.49. The Balaban J connectivity index is 2.21. The standard InChI is InChI=1S/C12H16N4OS/c1-7(2)11-15-9(6-10(17)16-11)14-8(3)12-13-4-5-18-12/h4-8H,1-3H3,(H2,14,15,16,17). The number of nitrogens with one attached hydrogen (secondary N) is 2. The van der Waals surface area contributed by atoms with E-state index in [1.54, 1.807) is 17.5 Å². The van der Waals surface area contributed by atoms with Crippen LogP contribution in [0.5, 0.6) is 0 Å². The molecule has 0 saturated heterocycles. The Morgan fingerprint density at radius 2 is 2.17 bits per heavy atom. The van der Waals surface area contributed by atoms with Crippen LogP contribution < -0.4 is 10.9 Å². The van der Waals surface area contributed by atoms with Crippen molar-refractivity contribution in [1.29, 1.82) is 0 Å². The first kappa shape index (κ1) is 12.8. The predicted molar refractivity (Wildman–Crippen MR) is 73.1 cm³/mol. The molecule has 0 aromatic carbocycles. The van der Waals surface area contributed by atoms with Crippen molar-refractivity contribution in [1.82, 2.24) is 15.0 Å². The van der Waals surface area contributed by atoms with E-state index in [1.807, 2.05) is 26.2 Å². The summed E-state index contributed by atoms with van der Waals surface area (Å²) in [5.41, 5.74) is -0.137. The van der Waals surface area contributed by atoms with Crippen LogP contribution >= 0.6 is 11.3 Å². The number of aromatic nitrogens is 3. The summed E-state index contributed by atoms with van der Waals surface area (Å²) in [5.74, 6) is 1.47. The summed E-state index contributed by atoms with van der Waals surface area (Å²) in [4.78, 5) is 22.9. The Kier molecular flexibility index (Phi) is 3.76. The quantitative estimate of drug-likeness (QED) is 0.890. The van der Waals surface area contributed by atoms with E-state index in [-0.39, 0.29) is 17.5 Å². The topological polar surface area (TPSA) is 70.7 Å². The molecule has 2 aromatic rings. The lowest BCUT2D eigenvalue weighted by atomic mass is 10.2. The molecule has 0 spiro atoms. The van der Waals surface area contributed by atoms with Crippen molar-refractivity contribution in [2.24, 2.45) is 0 Å². The summed E-state index contributed by atoms with van der Waals surface area (Å²) in [6, 6.07) is 1.51. The van der Waals surface area contributed by atoms with E-state index in [0.29, 0.717) is 11.6 Å². The van der Waals surface area contributed by atoms with Crippen LogP contribution in [0.4, 0.5) is 5.82 Å². The van der Waals surface area contributed by atoms with E-state index in [2.05, 4.69) is 20.3 Å². The van der Waals surface area contributed by atoms with Gasteiger partial charge in [0.05, 0.1) is 6.04 Å². The van der Waals surface area contributed by atoms with Crippen molar-refractivity contribution in [3.05, 3.63) is 38.8 Å². The van der Waals surface area contributed by atoms with Gasteiger partial charge in [-0.2, -0.15) is 0 Å². The first-order valence-electron chi connectivity index (χ1n) is 5.83. The molecule has 2 N–H and O–H groups in total. The van der Waals surface area contributed by atoms with Gasteiger partial charge in [-0.15, -0.1) is 11.3 Å². The zero-order valence-corrected chi connectivity index (χ0v) is 11.4. The van der Waals surface area contributed by atoms with Crippen LogP contribution in [0.25, 0.3) is 0 Å². The van der Waals surface area contributed by atoms with Crippen molar-refractivity contribution in [3.8, 4) is 0 Å². The number of thiazole rings is 1. The number of rotatable bonds is 4. The molecule has 2 aromatic heterocycles. The first-order valence-corrected chi connectivity index (χ1v) is 6.71. The Morgan fingerprint density at radius 3 is 2.78 bits per heavy atom. The molecule has 96 valence electrons. The zero-order chi connectivity index (χ0) is 13.1. The van der Waals surface area contributed by atoms with Crippen LogP contribution in [0, 0.1) is 0 Å². The van der Waals surface area contributed by atoms with Gasteiger partial charge in [0.2, 0.25) is 0 Å². The van der Waals surface area contributed by atoms with Gasteiger partial charge in [-0.05, 0) is 6.92 Å². The highest BCUT2D eigenvalue weighted by Gasteiger charge is 2.10. The molecule has 18 heavy (non-hydrogen) atoms. The van der Waals surface area contributed by atoms with Crippen molar-refractivity contribution in [2.45, 2.75) is 32.7 Å². The minimum Gasteiger partial charge on any atom is -0.361 e. The number of nitrogens with zero attached hydrogens (tertiary/aromatic N) is 2. The Bertz CT molecular complexity index is 562. The molecule has 0 aliphatic rings. The van der Waals surface area contributed by atoms with E-state index in [9.17, 15) is 4.79 Å². The van der Waals surface area contributed by atoms with Gasteiger partial charge in [0.15, 0.2) is 0 Å². The van der Waals surface area contributed by atoms with Crippen molar-refractivity contribution >= 4 is 17.2 Å². The second-order valence-electron chi connectivity index (χ2n) is 4.41. The maximum Gasteiger partial charge on any atom is 0.252 e. The van der Waals surface area contributed by atoms with Crippen LogP contribution in [0.2, 0.25) is 0 Å². The molecule has 0 aliphatic carbocycles. The van der Waals surface area contributed by atoms with Gasteiger partial charge < -0.3 is 10.3 Å². The molecule has 0 amide bonds. The lowest BCUT2D eigenvalue weighted by Gasteiger charge is -2.13. The number of H-pyrrole nitrogens is 1. The summed E-state index contributed by atoms with van der Waals surface area (Å²) in [6.45, 7) is 5.98. The van der Waals surface area contributed by atoms with Gasteiger partial charge in [-0.25, -0.2) is 9.97 Å². The normalized spacial score (nSPS) is 12.7. The summed E-state index contributed by atoms with van der Waals surface area (Å²) in [6.07, 6.45) is 1.77. The second kappa shape index (κ2) is 5.30. The summed E-state index contributed by atoms with van der Waals surface area (Å²) in [7, 11) is 0. The van der Waals surface area contributed by atoms with Crippen molar-refractivity contribution < 1.29 is 0 Å². The minimum atomic E-state index is -0.137. The summed E-state index contributed by atoms with van der Waals surface area (Å²) >= 11 is 1.58. The first-order chi connectivity index (χ1) is 8.56. The molecule has 1 atom stereocenters. The Labute approximate surface area is 109 Å². The fraction of sp³-hybridized carbons (Fsp3) is 0.417. The summed E-state index contributed by atoms with van der Waals surface area (Å²) in [5, 5.41) is 6.10. The molecule has 0 radical (unpaired) electrons. The van der Waals surface area contributed by atoms with Crippen LogP contribution in [0.3, 0.4) is 0 Å². The van der Waals surface area contributed by atoms with E-state index in [1.165, 1.54) is 6.07 Å². The van der Waals surface area contributed by atoms with Gasteiger partial charge in [-0.1, -0.05) is 13.8 Å². The SMILES string of the molecule is CC(C)c1nc(NC(C)c2nccs2)cc(=O)[nH]1. The van der Waals surface area contributed by atoms with Gasteiger partial charge in [0, 0.05) is 23.6 Å². The summed E-state index contributed by atoms with van der Waals surface area (Å²) < 4.78 is 0. The van der Waals surface area contributed by atoms with Gasteiger partial charge in [-0.3, -0.25) is 4.79 Å². The highest BCUT2D eigenvalue weighted by molar-refractivity contribution is 7.09. The van der Waals surface area contributed by atoms with Crippen LogP contribution in [-0.4, -0.2) is 15.0 Å². The minimum absolute atomic E-state index is 0.0410. The highest BCUT2D eigenvalue weighted by atomic mass is 32.1. The van der Waals surface area contributed by atoms with Crippen LogP contribution in [0.1, 0.15) is 43.6 Å². The molecule has 6 heteroatoms. The molecule has 0 fully saturated rings. The molecular formula is C12H16N4OS. The molecule has 0 aliphatic heterocycles. The van der Waals surface area contributed by atoms with Gasteiger partial charge in [0.25, 0.3) is 5.56 Å². The van der Waals surface area contributed by atoms with Gasteiger partial charge in [0.1, 0.15) is 16.6 Å². The fourth-order valence-corrected chi connectivity index (χ4v) is 2.20. The van der Waals surface area contributed by atoms with E-state index < -0.39 is 0 Å². The number of hydrogen-bond donors (Lipinski definition) is 2. The predicted octanol–water partition coefficient (Wildman–Crippen LogP) is 2.52. The third kappa shape index (κ3) is 2.95. The number of hydrogen-bond acceptors (Lipinski definition) is 5. The van der Waals surface area contributed by atoms with Crippen LogP contribution in [0.15, 0.2) is 22.4 Å². The zero-order valence-electron chi connectivity index (χ0n) is 10.6. The lowest BCUT2D eigenvalue weighted by molar-refractivity contribution is 0.760. The van der Waals surface area contributed by atoms with E-state index in [4.69, 9.17) is 0 Å². The fourth-order valence-electron chi connectivity index (χ4n) is 1.56. The maximum absolute atomic E-state index is 11.5. The van der Waals surface area contributed by atoms with Crippen LogP contribution in [-0.2, 0) is 0 Å². The smallest absolute Gasteiger partial charge is 0.252 e. The average molecular weight is 264 g/mol. The second-order valence-corrected chi connectivity index (χ2v) is 5.33. The molecule has 2 heterocycles. The highest BCUT2D eigenvalue weighted by Crippen LogP contribution is 2.19. The number of anilines is 1. The average Bonchev–Trinajstić information content (AvgIpc) is 2.81. The molecule has 5 nitrogen and oxygen atoms in total. The van der Waals surface area contributed by atoms with Gasteiger partial charge >= 0.3 is 0 Å². The monoisotopic (exact) mass is 264 g/mol. The molecule has 0 bridgehead atoms. The van der Waals surface area contributed by atoms with E-state index >= 15 is 0 Å². The third-order valence-corrected chi connectivity index (χ3v) is 3.45. The molecule has 1 unspecified atom stereocenters. The lowest BCUT2D eigenvalue weighted by Crippen LogP contribution is -2.16. The number of aromatic amines is 1. The van der Waals surface area contributed by atoms with Crippen molar-refractivity contribution in [2.75, 3.05) is 5.32 Å². The van der Waals surface area contributed by atoms with E-state index in [0.717, 1.165) is 5.01 Å².